The zero-order valence-electron chi connectivity index (χ0n) is 76.7. The van der Waals surface area contributed by atoms with Gasteiger partial charge in [-0.2, -0.15) is 0 Å². The van der Waals surface area contributed by atoms with Crippen LogP contribution in [0.3, 0.4) is 0 Å². The molecule has 6 aromatic carbocycles. The van der Waals surface area contributed by atoms with Crippen LogP contribution < -0.4 is 28.9 Å². The Balaban J connectivity index is 0.000000180. The summed E-state index contributed by atoms with van der Waals surface area (Å²) >= 11 is 7.36. The minimum atomic E-state index is -0.375. The molecule has 3 aliphatic heterocycles. The number of pyridine rings is 6. The van der Waals surface area contributed by atoms with Crippen molar-refractivity contribution < 1.29 is 88.7 Å². The van der Waals surface area contributed by atoms with E-state index in [0.29, 0.717) is 19.3 Å². The van der Waals surface area contributed by atoms with Crippen LogP contribution in [0.25, 0.3) is 67.0 Å². The van der Waals surface area contributed by atoms with Gasteiger partial charge >= 0.3 is 678 Å². The summed E-state index contributed by atoms with van der Waals surface area (Å²) in [5, 5.41) is 51.4. The van der Waals surface area contributed by atoms with E-state index in [-0.39, 0.29) is 77.9 Å². The van der Waals surface area contributed by atoms with Crippen molar-refractivity contribution >= 4 is 87.8 Å². The Morgan fingerprint density at radius 1 is 0.264 bits per heavy atom. The molecule has 0 radical (unpaired) electrons. The van der Waals surface area contributed by atoms with E-state index in [2.05, 4.69) is 382 Å². The first-order chi connectivity index (χ1) is 61.7. The average Bonchev–Trinajstić information content (AvgIpc) is 1.60. The van der Waals surface area contributed by atoms with E-state index in [1.54, 1.807) is 53.9 Å². The Morgan fingerprint density at radius 3 is 0.783 bits per heavy atom. The Hall–Kier alpha value is -9.40. The Bertz CT molecular complexity index is 4530. The van der Waals surface area contributed by atoms with E-state index in [1.165, 1.54) is 5.56 Å². The van der Waals surface area contributed by atoms with Crippen molar-refractivity contribution in [3.63, 3.8) is 0 Å². The van der Waals surface area contributed by atoms with Crippen LogP contribution in [0.15, 0.2) is 274 Å². The van der Waals surface area contributed by atoms with Gasteiger partial charge in [0, 0.05) is 0 Å². The molecule has 15 rings (SSSR count). The third-order valence-corrected chi connectivity index (χ3v) is 24.5. The fourth-order valence-electron chi connectivity index (χ4n) is 15.5. The van der Waals surface area contributed by atoms with E-state index in [1.807, 2.05) is 128 Å². The second kappa shape index (κ2) is 49.2. The van der Waals surface area contributed by atoms with Gasteiger partial charge in [0.05, 0.1) is 36.6 Å². The van der Waals surface area contributed by atoms with Gasteiger partial charge in [0.1, 0.15) is 0 Å². The molecule has 12 aromatic rings. The monoisotopic (exact) mass is 2270 g/mol. The van der Waals surface area contributed by atoms with Gasteiger partial charge in [-0.25, -0.2) is 0 Å². The summed E-state index contributed by atoms with van der Waals surface area (Å²) < 4.78 is 3.39. The van der Waals surface area contributed by atoms with Crippen molar-refractivity contribution in [3.8, 4) is 67.0 Å². The first-order valence-corrected chi connectivity index (χ1v) is 46.3. The van der Waals surface area contributed by atoms with E-state index >= 15 is 0 Å². The molecule has 9 heterocycles. The van der Waals surface area contributed by atoms with Gasteiger partial charge in [-0.1, -0.05) is 0 Å². The third kappa shape index (κ3) is 27.4. The first kappa shape index (κ1) is 102. The second-order valence-electron chi connectivity index (χ2n) is 33.4. The van der Waals surface area contributed by atoms with Crippen LogP contribution in [0.4, 0.5) is 34.1 Å². The molecule has 3 fully saturated rings. The molecule has 6 atom stereocenters. The van der Waals surface area contributed by atoms with E-state index in [4.69, 9.17) is 30.6 Å². The van der Waals surface area contributed by atoms with Crippen LogP contribution >= 0.6 is 0 Å². The Labute approximate surface area is 799 Å². The molecule has 6 unspecified atom stereocenters. The van der Waals surface area contributed by atoms with Crippen molar-refractivity contribution in [3.05, 3.63) is 292 Å². The predicted octanol–water partition coefficient (Wildman–Crippen LogP) is 11.7. The summed E-state index contributed by atoms with van der Waals surface area (Å²) in [7, 11) is 25.7. The van der Waals surface area contributed by atoms with Crippen LogP contribution in [-0.4, -0.2) is 264 Å². The number of aliphatic hydroxyl groups is 6. The van der Waals surface area contributed by atoms with Crippen LogP contribution in [0.5, 0.6) is 0 Å². The van der Waals surface area contributed by atoms with Gasteiger partial charge < -0.3 is 30.6 Å². The molecule has 0 amide bonds. The summed E-state index contributed by atoms with van der Waals surface area (Å²) in [6.45, 7) is 10.5. The zero-order valence-corrected chi connectivity index (χ0v) is 83.5. The molecule has 3 aliphatic rings. The predicted molar refractivity (Wildman–Crippen MR) is 525 cm³/mol. The summed E-state index contributed by atoms with van der Waals surface area (Å²) in [6, 6.07) is 84.1. The molecule has 129 heavy (non-hydrogen) atoms. The Morgan fingerprint density at radius 2 is 0.519 bits per heavy atom. The number of rotatable bonds is 24. The van der Waals surface area contributed by atoms with E-state index in [0.717, 1.165) is 108 Å². The second-order valence-corrected chi connectivity index (χ2v) is 36.5. The van der Waals surface area contributed by atoms with Gasteiger partial charge in [-0.05, 0) is 60.8 Å². The molecule has 0 aliphatic carbocycles. The van der Waals surface area contributed by atoms with Gasteiger partial charge in [-0.3, -0.25) is 0 Å². The van der Waals surface area contributed by atoms with Crippen molar-refractivity contribution in [2.24, 2.45) is 0 Å². The average molecular weight is 2270 g/mol. The van der Waals surface area contributed by atoms with Crippen molar-refractivity contribution in [2.45, 2.75) is 97.4 Å². The molecule has 33 heteroatoms. The van der Waals surface area contributed by atoms with Gasteiger partial charge in [-0.15, -0.1) is 0 Å². The zero-order chi connectivity index (χ0) is 93.3. The fourth-order valence-corrected chi connectivity index (χ4v) is 19.0. The number of hydrogen-bond donors (Lipinski definition) is 6. The molecule has 6 N–H and O–H groups in total. The van der Waals surface area contributed by atoms with Crippen LogP contribution in [0.2, 0.25) is 0 Å². The van der Waals surface area contributed by atoms with Crippen molar-refractivity contribution in [1.82, 2.24) is 58.8 Å². The molecule has 6 aromatic heterocycles. The number of aliphatic hydroxyl groups excluding tert-OH is 6. The number of benzene rings is 6. The fraction of sp³-hybridized carbons (Fsp3) is 0.281. The summed E-state index contributed by atoms with van der Waals surface area (Å²) in [4.78, 5) is 53.8. The first-order valence-electron chi connectivity index (χ1n) is 42.8. The van der Waals surface area contributed by atoms with Crippen molar-refractivity contribution in [1.29, 1.82) is 0 Å². The molecule has 678 valence electrons. The molecule has 0 bridgehead atoms. The maximum absolute atomic E-state index is 8.56. The minimum absolute atomic E-state index is 0.0833. The molecular formula is C96H117B6N18O6Pt3-3. The molecule has 24 nitrogen and oxygen atoms in total. The van der Waals surface area contributed by atoms with Crippen LogP contribution in [0.1, 0.15) is 60.8 Å². The number of aromatic nitrogens is 6. The summed E-state index contributed by atoms with van der Waals surface area (Å²) in [6.07, 6.45) is 17.5. The standard InChI is InChI=1S/3C27H27B2N6.3C5H12O2.3Pt/c1-32(2)28-29(33(3)4)35(27-11-7-23(8-12-27)25-15-19-31-20-16-25)21-34(28)26-9-5-22(6-10-26)24-13-17-30-18-14-24;1-32(2)28-29(33(3)4)35(27-15-11-23(12-16-27)25-8-6-18-31-20-25)21-34(28)26-13-9-22(10-14-26)24-7-5-17-30-19-24;1-32(2)28-29(33(3)4)35(25-17-13-23(14-18-25)27-10-6-8-20-31-27)21-34(28)24-15-11-22(12-16-24)26-9-5-7-19-30-26;3*1-4(6)3-5(2)7;;;/h5-11,13-20H,1-4H3;5-15,17-20H,1-4H3;5-17,19-20H,1-4H3;3*4-7H,3H2,1-2H3;;;/q3*-1;;;;;;. The van der Waals surface area contributed by atoms with Crippen LogP contribution in [0, 0.1) is 18.2 Å². The topological polar surface area (TPSA) is 238 Å². The van der Waals surface area contributed by atoms with E-state index < -0.39 is 0 Å². The molecule has 3 saturated heterocycles. The molecular weight excluding hydrogens is 2150 g/mol. The van der Waals surface area contributed by atoms with Gasteiger partial charge in [0.15, 0.2) is 0 Å². The van der Waals surface area contributed by atoms with Crippen molar-refractivity contribution in [2.75, 3.05) is 113 Å². The maximum atomic E-state index is 8.56. The number of nitrogens with zero attached hydrogens (tertiary/aromatic N) is 18. The Kier molecular flexibility index (Phi) is 38.8. The third-order valence-electron chi connectivity index (χ3n) is 21.3. The van der Waals surface area contributed by atoms with Gasteiger partial charge in [0.25, 0.3) is 0 Å². The molecule has 0 spiro atoms. The van der Waals surface area contributed by atoms with Gasteiger partial charge in [0.2, 0.25) is 0 Å². The van der Waals surface area contributed by atoms with Crippen LogP contribution in [-0.2, 0) is 58.1 Å². The summed E-state index contributed by atoms with van der Waals surface area (Å²) in [5.41, 5.74) is 19.7. The number of anilines is 6. The summed E-state index contributed by atoms with van der Waals surface area (Å²) in [5.74, 6) is 0. The quantitative estimate of drug-likeness (QED) is 0.0244. The normalized spacial score (nSPS) is 14.7. The van der Waals surface area contributed by atoms with E-state index in [9.17, 15) is 0 Å². The molecule has 0 saturated carbocycles. The number of hydrogen-bond acceptors (Lipinski definition) is 24. The SMILES string of the molecule is CC(O)CC(C)O.CC(O)CC(C)O.CC(O)CC(C)O.CN(C)B1B(N(C)C)N(c2ccc(-c3ccccn3)cc2)[C](=[Pt])N1c1[c-]cc(-c2ccccn2)cc1.CN(C)B1B(N(C)C)N(c2ccc(-c3cccnc3)cc2)[C](=[Pt])N1c1[c-]cc(-c2cccnc2)cc1.CN(C)B1B(N(C)C)N(c2ccc(-c3ccncc3)cc2)[C](=[Pt])N1c1[c-]cc(-c2ccncc2)cc1.